The Morgan fingerprint density at radius 3 is 2.42 bits per heavy atom. The van der Waals surface area contributed by atoms with Crippen LogP contribution in [-0.4, -0.2) is 29.2 Å². The predicted octanol–water partition coefficient (Wildman–Crippen LogP) is 5.50. The van der Waals surface area contributed by atoms with Crippen LogP contribution in [0.15, 0.2) is 53.6 Å². The van der Waals surface area contributed by atoms with Gasteiger partial charge in [-0.15, -0.1) is 0 Å². The molecule has 38 heavy (non-hydrogen) atoms. The van der Waals surface area contributed by atoms with Gasteiger partial charge < -0.3 is 11.5 Å². The van der Waals surface area contributed by atoms with Crippen LogP contribution in [0, 0.1) is 11.6 Å². The van der Waals surface area contributed by atoms with Crippen molar-refractivity contribution in [3.8, 4) is 11.3 Å². The van der Waals surface area contributed by atoms with Gasteiger partial charge in [-0.25, -0.2) is 22.2 Å². The van der Waals surface area contributed by atoms with E-state index in [1.54, 1.807) is 6.20 Å². The summed E-state index contributed by atoms with van der Waals surface area (Å²) in [6, 6.07) is 9.50. The molecule has 0 radical (unpaired) electrons. The van der Waals surface area contributed by atoms with Gasteiger partial charge in [0.05, 0.1) is 16.7 Å². The van der Waals surface area contributed by atoms with Crippen molar-refractivity contribution in [3.63, 3.8) is 0 Å². The fraction of sp³-hybridized carbons (Fsp3) is 0.357. The first kappa shape index (κ1) is 26.2. The summed E-state index contributed by atoms with van der Waals surface area (Å²) in [6.45, 7) is 4.00. The van der Waals surface area contributed by atoms with Crippen molar-refractivity contribution >= 4 is 26.6 Å². The van der Waals surface area contributed by atoms with Gasteiger partial charge in [-0.2, -0.15) is 5.10 Å². The van der Waals surface area contributed by atoms with E-state index in [-0.39, 0.29) is 34.9 Å². The van der Waals surface area contributed by atoms with E-state index in [0.717, 1.165) is 48.9 Å². The van der Waals surface area contributed by atoms with Gasteiger partial charge >= 0.3 is 0 Å². The van der Waals surface area contributed by atoms with E-state index in [0.29, 0.717) is 11.1 Å². The van der Waals surface area contributed by atoms with Crippen molar-refractivity contribution in [2.45, 2.75) is 68.2 Å². The maximum absolute atomic E-state index is 15.6. The molecule has 2 aromatic carbocycles. The lowest BCUT2D eigenvalue weighted by molar-refractivity contribution is 0.395. The minimum Gasteiger partial charge on any atom is -0.383 e. The maximum Gasteiger partial charge on any atom is 0.185 e. The monoisotopic (exact) mass is 539 g/mol. The second kappa shape index (κ2) is 10.1. The van der Waals surface area contributed by atoms with E-state index in [4.69, 9.17) is 16.6 Å². The number of pyridine rings is 1. The highest BCUT2D eigenvalue weighted by Crippen LogP contribution is 2.41. The van der Waals surface area contributed by atoms with Crippen LogP contribution >= 0.6 is 0 Å². The molecule has 200 valence electrons. The minimum absolute atomic E-state index is 0.0223. The van der Waals surface area contributed by atoms with Crippen LogP contribution in [0.1, 0.15) is 62.6 Å². The summed E-state index contributed by atoms with van der Waals surface area (Å²) in [7, 11) is -4.01. The fourth-order valence-corrected chi connectivity index (χ4v) is 6.77. The number of aromatic nitrogens is 3. The van der Waals surface area contributed by atoms with Crippen LogP contribution < -0.4 is 11.5 Å². The third-order valence-electron chi connectivity index (χ3n) is 7.30. The molecule has 2 aromatic heterocycles. The third kappa shape index (κ3) is 4.78. The van der Waals surface area contributed by atoms with Crippen LogP contribution in [-0.2, 0) is 15.6 Å². The van der Waals surface area contributed by atoms with Crippen molar-refractivity contribution in [1.82, 2.24) is 14.8 Å². The van der Waals surface area contributed by atoms with Gasteiger partial charge in [-0.1, -0.05) is 18.2 Å². The van der Waals surface area contributed by atoms with Gasteiger partial charge in [0.1, 0.15) is 28.0 Å². The first-order valence-electron chi connectivity index (χ1n) is 12.7. The fourth-order valence-electron chi connectivity index (χ4n) is 5.34. The molecule has 1 aliphatic carbocycles. The summed E-state index contributed by atoms with van der Waals surface area (Å²) in [5, 5.41) is 5.36. The number of anilines is 1. The van der Waals surface area contributed by atoms with Crippen molar-refractivity contribution in [2.75, 3.05) is 5.73 Å². The van der Waals surface area contributed by atoms with Gasteiger partial charge in [0.15, 0.2) is 9.84 Å². The number of rotatable bonds is 6. The normalized spacial score (nSPS) is 18.4. The SMILES string of the molecule is CC(C)n1nc(-c2ccc(CS(=O)(=O)c3ccccc3F)cc2F)c2c(N)ncc(C3CCC(N)CC3)c21. The molecule has 4 aromatic rings. The Hall–Kier alpha value is -3.37. The zero-order chi connectivity index (χ0) is 27.2. The van der Waals surface area contributed by atoms with Crippen LogP contribution in [0.3, 0.4) is 0 Å². The molecule has 1 aliphatic rings. The van der Waals surface area contributed by atoms with E-state index in [1.165, 1.54) is 30.3 Å². The zero-order valence-corrected chi connectivity index (χ0v) is 22.2. The lowest BCUT2D eigenvalue weighted by Gasteiger charge is -2.27. The number of fused-ring (bicyclic) bond motifs is 1. The summed E-state index contributed by atoms with van der Waals surface area (Å²) < 4.78 is 57.1. The van der Waals surface area contributed by atoms with E-state index in [1.807, 2.05) is 18.5 Å². The highest BCUT2D eigenvalue weighted by molar-refractivity contribution is 7.90. The number of nitrogens with zero attached hydrogens (tertiary/aromatic N) is 3. The van der Waals surface area contributed by atoms with E-state index in [9.17, 15) is 12.8 Å². The third-order valence-corrected chi connectivity index (χ3v) is 9.02. The van der Waals surface area contributed by atoms with Crippen molar-refractivity contribution in [1.29, 1.82) is 0 Å². The molecule has 2 heterocycles. The molecular formula is C28H31F2N5O2S. The number of sulfone groups is 1. The van der Waals surface area contributed by atoms with Crippen molar-refractivity contribution in [2.24, 2.45) is 5.73 Å². The van der Waals surface area contributed by atoms with Gasteiger partial charge in [-0.3, -0.25) is 4.68 Å². The number of nitrogens with two attached hydrogens (primary N) is 2. The molecule has 0 saturated heterocycles. The van der Waals surface area contributed by atoms with E-state index >= 15 is 4.39 Å². The molecule has 0 amide bonds. The molecule has 10 heteroatoms. The van der Waals surface area contributed by atoms with Gasteiger partial charge in [0, 0.05) is 23.8 Å². The number of halogens is 2. The maximum atomic E-state index is 15.6. The molecular weight excluding hydrogens is 508 g/mol. The average molecular weight is 540 g/mol. The zero-order valence-electron chi connectivity index (χ0n) is 21.4. The topological polar surface area (TPSA) is 117 Å². The molecule has 0 unspecified atom stereocenters. The highest BCUT2D eigenvalue weighted by Gasteiger charge is 2.28. The second-order valence-electron chi connectivity index (χ2n) is 10.3. The highest BCUT2D eigenvalue weighted by atomic mass is 32.2. The minimum atomic E-state index is -4.01. The predicted molar refractivity (Wildman–Crippen MR) is 144 cm³/mol. The van der Waals surface area contributed by atoms with Gasteiger partial charge in [0.25, 0.3) is 0 Å². The first-order chi connectivity index (χ1) is 18.1. The number of nitrogen functional groups attached to an aromatic ring is 1. The molecule has 4 N–H and O–H groups in total. The van der Waals surface area contributed by atoms with Crippen LogP contribution in [0.2, 0.25) is 0 Å². The summed E-state index contributed by atoms with van der Waals surface area (Å²) in [5.74, 6) is -1.51. The Morgan fingerprint density at radius 1 is 1.05 bits per heavy atom. The van der Waals surface area contributed by atoms with Crippen molar-refractivity contribution in [3.05, 3.63) is 71.4 Å². The quantitative estimate of drug-likeness (QED) is 0.334. The lowest BCUT2D eigenvalue weighted by Crippen LogP contribution is -2.26. The summed E-state index contributed by atoms with van der Waals surface area (Å²) in [4.78, 5) is 4.04. The molecule has 1 saturated carbocycles. The Bertz CT molecular complexity index is 1610. The first-order valence-corrected chi connectivity index (χ1v) is 14.4. The Morgan fingerprint density at radius 2 is 1.76 bits per heavy atom. The van der Waals surface area contributed by atoms with Gasteiger partial charge in [-0.05, 0) is 80.8 Å². The van der Waals surface area contributed by atoms with E-state index in [2.05, 4.69) is 4.98 Å². The molecule has 7 nitrogen and oxygen atoms in total. The summed E-state index contributed by atoms with van der Waals surface area (Å²) in [6.07, 6.45) is 5.51. The van der Waals surface area contributed by atoms with Crippen LogP contribution in [0.4, 0.5) is 14.6 Å². The van der Waals surface area contributed by atoms with Gasteiger partial charge in [0.2, 0.25) is 0 Å². The smallest absolute Gasteiger partial charge is 0.185 e. The van der Waals surface area contributed by atoms with Crippen molar-refractivity contribution < 1.29 is 17.2 Å². The molecule has 0 spiro atoms. The second-order valence-corrected chi connectivity index (χ2v) is 12.3. The van der Waals surface area contributed by atoms with Crippen LogP contribution in [0.25, 0.3) is 22.2 Å². The number of hydrogen-bond acceptors (Lipinski definition) is 6. The molecule has 0 bridgehead atoms. The molecule has 5 rings (SSSR count). The summed E-state index contributed by atoms with van der Waals surface area (Å²) >= 11 is 0. The lowest BCUT2D eigenvalue weighted by atomic mass is 9.82. The molecule has 0 atom stereocenters. The number of hydrogen-bond donors (Lipinski definition) is 2. The molecule has 0 aliphatic heterocycles. The van der Waals surface area contributed by atoms with Crippen LogP contribution in [0.5, 0.6) is 0 Å². The Balaban J connectivity index is 1.58. The average Bonchev–Trinajstić information content (AvgIpc) is 3.27. The Kier molecular flexibility index (Phi) is 6.96. The standard InChI is InChI=1S/C28H31F2N5O2S/c1-16(2)35-27-21(18-8-10-19(31)11-9-18)14-33-28(32)25(27)26(34-35)20-12-7-17(13-23(20)30)15-38(36,37)24-6-4-3-5-22(24)29/h3-7,12-14,16,18-19H,8-11,15,31H2,1-2H3,(H2,32,33). The largest absolute Gasteiger partial charge is 0.383 e. The Labute approximate surface area is 220 Å². The summed E-state index contributed by atoms with van der Waals surface area (Å²) in [5.41, 5.74) is 15.1. The molecule has 1 fully saturated rings. The van der Waals surface area contributed by atoms with E-state index < -0.39 is 32.1 Å². The number of benzene rings is 2.